The summed E-state index contributed by atoms with van der Waals surface area (Å²) in [5.74, 6) is 0. The van der Waals surface area contributed by atoms with Crippen molar-refractivity contribution in [3.05, 3.63) is 217 Å². The van der Waals surface area contributed by atoms with E-state index in [1.54, 1.807) is 0 Å². The molecule has 1 heterocycles. The van der Waals surface area contributed by atoms with Gasteiger partial charge >= 0.3 is 0 Å². The van der Waals surface area contributed by atoms with E-state index in [9.17, 15) is 0 Å². The Morgan fingerprint density at radius 2 is 0.903 bits per heavy atom. The maximum Gasteiger partial charge on any atom is 0.0561 e. The van der Waals surface area contributed by atoms with Gasteiger partial charge in [0.15, 0.2) is 0 Å². The molecule has 0 atom stereocenters. The Morgan fingerprint density at radius 1 is 0.371 bits per heavy atom. The molecule has 0 radical (unpaired) electrons. The Balaban J connectivity index is 1.26. The smallest absolute Gasteiger partial charge is 0.0561 e. The van der Waals surface area contributed by atoms with Crippen molar-refractivity contribution in [1.82, 2.24) is 4.57 Å². The van der Waals surface area contributed by atoms with Gasteiger partial charge in [0.25, 0.3) is 0 Å². The Kier molecular flexibility index (Phi) is 9.68. The SMILES string of the molecule is CC(C)(C)c1cc(-c2cccc3cccc(-c4ccccc4N(c4ccc5c6ccccc6n(-c6ccccc6)c5c4)c4ccccc4-c4ccccc4)c23)cc(C(C)(C)C)c1. The molecule has 1 aromatic heterocycles. The summed E-state index contributed by atoms with van der Waals surface area (Å²) in [5, 5.41) is 4.94. The van der Waals surface area contributed by atoms with Crippen molar-refractivity contribution in [3.8, 4) is 39.1 Å². The minimum atomic E-state index is -0.00398. The molecular formula is C60H52N2. The predicted octanol–water partition coefficient (Wildman–Crippen LogP) is 17.0. The summed E-state index contributed by atoms with van der Waals surface area (Å²) in [6.45, 7) is 13.9. The summed E-state index contributed by atoms with van der Waals surface area (Å²) in [5.41, 5.74) is 16.7. The van der Waals surface area contributed by atoms with Crippen molar-refractivity contribution >= 4 is 49.6 Å². The van der Waals surface area contributed by atoms with Gasteiger partial charge in [-0.05, 0) is 97.4 Å². The molecule has 0 aliphatic rings. The van der Waals surface area contributed by atoms with Crippen LogP contribution in [0.2, 0.25) is 0 Å². The van der Waals surface area contributed by atoms with Crippen molar-refractivity contribution in [1.29, 1.82) is 0 Å². The monoisotopic (exact) mass is 800 g/mol. The van der Waals surface area contributed by atoms with Crippen LogP contribution in [-0.4, -0.2) is 4.57 Å². The lowest BCUT2D eigenvalue weighted by atomic mass is 9.78. The number of hydrogen-bond acceptors (Lipinski definition) is 1. The summed E-state index contributed by atoms with van der Waals surface area (Å²) < 4.78 is 2.41. The van der Waals surface area contributed by atoms with Gasteiger partial charge in [0, 0.05) is 33.3 Å². The van der Waals surface area contributed by atoms with E-state index >= 15 is 0 Å². The van der Waals surface area contributed by atoms with E-state index in [2.05, 4.69) is 257 Å². The number of nitrogens with zero attached hydrogens (tertiary/aromatic N) is 2. The summed E-state index contributed by atoms with van der Waals surface area (Å²) in [6, 6.07) is 76.0. The molecule has 0 bridgehead atoms. The predicted molar refractivity (Wildman–Crippen MR) is 267 cm³/mol. The molecule has 10 rings (SSSR count). The molecule has 62 heavy (non-hydrogen) atoms. The Labute approximate surface area is 366 Å². The van der Waals surface area contributed by atoms with Gasteiger partial charge < -0.3 is 9.47 Å². The molecule has 10 aromatic rings. The molecule has 0 fully saturated rings. The van der Waals surface area contributed by atoms with Gasteiger partial charge in [0.05, 0.1) is 22.4 Å². The molecule has 302 valence electrons. The van der Waals surface area contributed by atoms with Crippen LogP contribution in [-0.2, 0) is 10.8 Å². The third kappa shape index (κ3) is 6.96. The second kappa shape index (κ2) is 15.4. The molecule has 0 spiro atoms. The molecule has 0 aliphatic carbocycles. The summed E-state index contributed by atoms with van der Waals surface area (Å²) in [6.07, 6.45) is 0. The minimum Gasteiger partial charge on any atom is -0.309 e. The van der Waals surface area contributed by atoms with Crippen molar-refractivity contribution in [2.24, 2.45) is 0 Å². The number of rotatable bonds is 7. The van der Waals surface area contributed by atoms with Crippen molar-refractivity contribution in [2.75, 3.05) is 4.90 Å². The van der Waals surface area contributed by atoms with Crippen LogP contribution in [0.1, 0.15) is 52.7 Å². The lowest BCUT2D eigenvalue weighted by Crippen LogP contribution is -2.16. The third-order valence-electron chi connectivity index (χ3n) is 12.5. The highest BCUT2D eigenvalue weighted by Crippen LogP contribution is 2.48. The highest BCUT2D eigenvalue weighted by atomic mass is 15.1. The van der Waals surface area contributed by atoms with Gasteiger partial charge in [-0.1, -0.05) is 205 Å². The number of fused-ring (bicyclic) bond motifs is 4. The van der Waals surface area contributed by atoms with Gasteiger partial charge in [-0.15, -0.1) is 0 Å². The number of anilines is 3. The van der Waals surface area contributed by atoms with Gasteiger partial charge in [0.2, 0.25) is 0 Å². The Bertz CT molecular complexity index is 3210. The number of para-hydroxylation sites is 4. The normalized spacial score (nSPS) is 12.0. The summed E-state index contributed by atoms with van der Waals surface area (Å²) >= 11 is 0. The molecule has 2 heteroatoms. The second-order valence-electron chi connectivity index (χ2n) is 18.6. The highest BCUT2D eigenvalue weighted by molar-refractivity contribution is 6.12. The zero-order valence-electron chi connectivity index (χ0n) is 36.5. The molecule has 0 N–H and O–H groups in total. The van der Waals surface area contributed by atoms with E-state index in [0.717, 1.165) is 28.3 Å². The maximum atomic E-state index is 2.49. The van der Waals surface area contributed by atoms with Crippen LogP contribution >= 0.6 is 0 Å². The topological polar surface area (TPSA) is 8.17 Å². The van der Waals surface area contributed by atoms with E-state index in [0.29, 0.717) is 0 Å². The second-order valence-corrected chi connectivity index (χ2v) is 18.6. The first kappa shape index (κ1) is 39.0. The molecule has 0 unspecified atom stereocenters. The molecule has 0 amide bonds. The highest BCUT2D eigenvalue weighted by Gasteiger charge is 2.25. The quantitative estimate of drug-likeness (QED) is 0.156. The van der Waals surface area contributed by atoms with E-state index in [1.165, 1.54) is 71.6 Å². The fourth-order valence-corrected chi connectivity index (χ4v) is 9.24. The fourth-order valence-electron chi connectivity index (χ4n) is 9.24. The van der Waals surface area contributed by atoms with Gasteiger partial charge in [0.1, 0.15) is 0 Å². The minimum absolute atomic E-state index is 0.00398. The zero-order chi connectivity index (χ0) is 42.6. The standard InChI is InChI=1S/C60H52N2/c1-59(2,3)44-37-43(38-45(39-44)60(4,5)6)49-30-19-23-42-24-20-31-53(58(42)49)51-29-15-18-34-56(51)62(54-32-16-13-27-48(54)41-21-9-7-10-22-41)47-35-36-52-50-28-14-17-33-55(50)61(57(52)40-47)46-25-11-8-12-26-46/h7-40H,1-6H3. The fraction of sp³-hybridized carbons (Fsp3) is 0.133. The van der Waals surface area contributed by atoms with Crippen LogP contribution in [0.3, 0.4) is 0 Å². The lowest BCUT2D eigenvalue weighted by Gasteiger charge is -2.30. The van der Waals surface area contributed by atoms with Gasteiger partial charge in [-0.25, -0.2) is 0 Å². The first-order valence-corrected chi connectivity index (χ1v) is 21.9. The number of benzene rings is 9. The van der Waals surface area contributed by atoms with Crippen LogP contribution in [0, 0.1) is 0 Å². The van der Waals surface area contributed by atoms with Crippen molar-refractivity contribution in [2.45, 2.75) is 52.4 Å². The first-order chi connectivity index (χ1) is 30.0. The van der Waals surface area contributed by atoms with E-state index in [4.69, 9.17) is 0 Å². The van der Waals surface area contributed by atoms with Crippen LogP contribution in [0.15, 0.2) is 206 Å². The average molecular weight is 801 g/mol. The lowest BCUT2D eigenvalue weighted by molar-refractivity contribution is 0.569. The van der Waals surface area contributed by atoms with E-state index < -0.39 is 0 Å². The van der Waals surface area contributed by atoms with Crippen LogP contribution in [0.5, 0.6) is 0 Å². The number of hydrogen-bond donors (Lipinski definition) is 0. The van der Waals surface area contributed by atoms with E-state index in [1.807, 2.05) is 0 Å². The number of aromatic nitrogens is 1. The molecule has 0 aliphatic heterocycles. The van der Waals surface area contributed by atoms with Crippen LogP contribution in [0.25, 0.3) is 71.6 Å². The van der Waals surface area contributed by atoms with E-state index in [-0.39, 0.29) is 10.8 Å². The van der Waals surface area contributed by atoms with Crippen molar-refractivity contribution < 1.29 is 0 Å². The van der Waals surface area contributed by atoms with Gasteiger partial charge in [-0.2, -0.15) is 0 Å². The first-order valence-electron chi connectivity index (χ1n) is 21.9. The van der Waals surface area contributed by atoms with Crippen molar-refractivity contribution in [3.63, 3.8) is 0 Å². The zero-order valence-corrected chi connectivity index (χ0v) is 36.5. The average Bonchev–Trinajstić information content (AvgIpc) is 3.62. The molecule has 0 saturated heterocycles. The largest absolute Gasteiger partial charge is 0.309 e. The molecular weight excluding hydrogens is 749 g/mol. The summed E-state index contributed by atoms with van der Waals surface area (Å²) in [4.78, 5) is 2.49. The Morgan fingerprint density at radius 3 is 1.58 bits per heavy atom. The Hall–Kier alpha value is -7.16. The molecule has 9 aromatic carbocycles. The van der Waals surface area contributed by atoms with Gasteiger partial charge in [-0.3, -0.25) is 0 Å². The third-order valence-corrected chi connectivity index (χ3v) is 12.5. The maximum absolute atomic E-state index is 2.49. The molecule has 2 nitrogen and oxygen atoms in total. The summed E-state index contributed by atoms with van der Waals surface area (Å²) in [7, 11) is 0. The molecule has 0 saturated carbocycles. The van der Waals surface area contributed by atoms with Crippen LogP contribution < -0.4 is 4.90 Å². The van der Waals surface area contributed by atoms with Crippen LogP contribution in [0.4, 0.5) is 17.1 Å².